The Kier molecular flexibility index (Phi) is 5.80. The number of nitrogens with two attached hydrogens (primary N) is 1. The largest absolute Gasteiger partial charge is 0.491 e. The zero-order chi connectivity index (χ0) is 16.1. The van der Waals surface area contributed by atoms with Gasteiger partial charge < -0.3 is 15.6 Å². The molecule has 0 aliphatic carbocycles. The van der Waals surface area contributed by atoms with Crippen LogP contribution in [-0.4, -0.2) is 41.2 Å². The smallest absolute Gasteiger partial charge is 0.246 e. The Morgan fingerprint density at radius 1 is 1.36 bits per heavy atom. The molecule has 3 N–H and O–H groups in total. The van der Waals surface area contributed by atoms with E-state index in [0.29, 0.717) is 0 Å². The Bertz CT molecular complexity index is 496. The van der Waals surface area contributed by atoms with E-state index >= 15 is 0 Å². The monoisotopic (exact) mass is 306 g/mol. The van der Waals surface area contributed by atoms with Crippen LogP contribution in [-0.2, 0) is 11.3 Å². The van der Waals surface area contributed by atoms with E-state index in [2.05, 4.69) is 11.0 Å². The molecule has 1 aromatic rings. The van der Waals surface area contributed by atoms with Crippen molar-refractivity contribution in [2.24, 2.45) is 11.7 Å². The lowest BCUT2D eigenvalue weighted by Gasteiger charge is -2.33. The molecule has 1 fully saturated rings. The average Bonchev–Trinajstić information content (AvgIpc) is 2.48. The van der Waals surface area contributed by atoms with Gasteiger partial charge in [-0.05, 0) is 51.8 Å². The predicted molar refractivity (Wildman–Crippen MR) is 85.4 cm³/mol. The highest BCUT2D eigenvalue weighted by Gasteiger charge is 2.28. The molecule has 0 bridgehead atoms. The number of amides is 1. The Hall–Kier alpha value is -1.59. The molecule has 0 aromatic heterocycles. The molecule has 1 saturated heterocycles. The highest BCUT2D eigenvalue weighted by Crippen LogP contribution is 2.25. The van der Waals surface area contributed by atoms with Crippen molar-refractivity contribution in [1.82, 2.24) is 4.90 Å². The molecule has 1 amide bonds. The van der Waals surface area contributed by atoms with Crippen LogP contribution in [0.5, 0.6) is 5.75 Å². The molecular formula is C17H26N2O3. The van der Waals surface area contributed by atoms with E-state index in [1.807, 2.05) is 32.0 Å². The number of hydrogen-bond donors (Lipinski definition) is 2. The summed E-state index contributed by atoms with van der Waals surface area (Å²) in [7, 11) is 0. The van der Waals surface area contributed by atoms with Crippen molar-refractivity contribution in [3.63, 3.8) is 0 Å². The van der Waals surface area contributed by atoms with E-state index in [4.69, 9.17) is 10.5 Å². The number of rotatable bonds is 6. The van der Waals surface area contributed by atoms with Crippen LogP contribution in [0.15, 0.2) is 24.3 Å². The van der Waals surface area contributed by atoms with Crippen molar-refractivity contribution in [3.8, 4) is 5.75 Å². The first kappa shape index (κ1) is 16.8. The second-order valence-electron chi connectivity index (χ2n) is 6.24. The summed E-state index contributed by atoms with van der Waals surface area (Å²) in [5, 5.41) is 9.76. The van der Waals surface area contributed by atoms with Gasteiger partial charge in [0, 0.05) is 12.1 Å². The number of likely N-dealkylation sites (tertiary alicyclic amines) is 1. The van der Waals surface area contributed by atoms with Crippen LogP contribution in [0.3, 0.4) is 0 Å². The van der Waals surface area contributed by atoms with Gasteiger partial charge in [0.05, 0.1) is 6.10 Å². The Labute approximate surface area is 132 Å². The van der Waals surface area contributed by atoms with Crippen molar-refractivity contribution in [3.05, 3.63) is 29.8 Å². The number of primary amides is 1. The molecule has 1 heterocycles. The molecule has 122 valence electrons. The lowest BCUT2D eigenvalue weighted by atomic mass is 9.90. The fourth-order valence-electron chi connectivity index (χ4n) is 2.90. The molecule has 1 unspecified atom stereocenters. The summed E-state index contributed by atoms with van der Waals surface area (Å²) in [5.41, 5.74) is 6.34. The SMILES string of the molecule is CC(C)Oc1ccccc1CN1CCC(C(O)C(N)=O)CC1. The summed E-state index contributed by atoms with van der Waals surface area (Å²) < 4.78 is 5.85. The summed E-state index contributed by atoms with van der Waals surface area (Å²) in [5.74, 6) is 0.293. The predicted octanol–water partition coefficient (Wildman–Crippen LogP) is 1.53. The second kappa shape index (κ2) is 7.61. The average molecular weight is 306 g/mol. The van der Waals surface area contributed by atoms with Crippen LogP contribution in [0.2, 0.25) is 0 Å². The summed E-state index contributed by atoms with van der Waals surface area (Å²) in [6, 6.07) is 8.09. The zero-order valence-electron chi connectivity index (χ0n) is 13.4. The fraction of sp³-hybridized carbons (Fsp3) is 0.588. The van der Waals surface area contributed by atoms with Crippen LogP contribution in [0.1, 0.15) is 32.3 Å². The molecular weight excluding hydrogens is 280 g/mol. The highest BCUT2D eigenvalue weighted by atomic mass is 16.5. The first-order valence-electron chi connectivity index (χ1n) is 7.91. The summed E-state index contributed by atoms with van der Waals surface area (Å²) >= 11 is 0. The molecule has 1 aromatic carbocycles. The molecule has 1 atom stereocenters. The van der Waals surface area contributed by atoms with E-state index in [-0.39, 0.29) is 12.0 Å². The van der Waals surface area contributed by atoms with E-state index in [1.165, 1.54) is 5.56 Å². The highest BCUT2D eigenvalue weighted by molar-refractivity contribution is 5.78. The number of nitrogens with zero attached hydrogens (tertiary/aromatic N) is 1. The molecule has 0 radical (unpaired) electrons. The van der Waals surface area contributed by atoms with Crippen LogP contribution in [0, 0.1) is 5.92 Å². The van der Waals surface area contributed by atoms with Crippen LogP contribution >= 0.6 is 0 Å². The summed E-state index contributed by atoms with van der Waals surface area (Å²) in [6.07, 6.45) is 0.713. The normalized spacial score (nSPS) is 18.4. The van der Waals surface area contributed by atoms with Gasteiger partial charge in [-0.3, -0.25) is 9.69 Å². The first-order chi connectivity index (χ1) is 10.5. The van der Waals surface area contributed by atoms with Gasteiger partial charge in [-0.1, -0.05) is 18.2 Å². The van der Waals surface area contributed by atoms with Gasteiger partial charge in [-0.2, -0.15) is 0 Å². The van der Waals surface area contributed by atoms with Gasteiger partial charge in [0.25, 0.3) is 0 Å². The van der Waals surface area contributed by atoms with Crippen molar-refractivity contribution < 1.29 is 14.6 Å². The summed E-state index contributed by atoms with van der Waals surface area (Å²) in [6.45, 7) is 6.57. The van der Waals surface area contributed by atoms with Crippen LogP contribution in [0.25, 0.3) is 0 Å². The van der Waals surface area contributed by atoms with E-state index in [1.54, 1.807) is 0 Å². The molecule has 0 spiro atoms. The quantitative estimate of drug-likeness (QED) is 0.836. The molecule has 2 rings (SSSR count). The number of hydrogen-bond acceptors (Lipinski definition) is 4. The number of piperidine rings is 1. The molecule has 5 nitrogen and oxygen atoms in total. The number of aliphatic hydroxyl groups is 1. The maximum absolute atomic E-state index is 11.1. The third kappa shape index (κ3) is 4.45. The third-order valence-electron chi connectivity index (χ3n) is 4.10. The summed E-state index contributed by atoms with van der Waals surface area (Å²) in [4.78, 5) is 13.4. The van der Waals surface area contributed by atoms with E-state index in [9.17, 15) is 9.90 Å². The molecule has 1 aliphatic heterocycles. The third-order valence-corrected chi connectivity index (χ3v) is 4.10. The number of carbonyl (C=O) groups is 1. The Balaban J connectivity index is 1.92. The fourth-order valence-corrected chi connectivity index (χ4v) is 2.90. The number of benzene rings is 1. The molecule has 1 aliphatic rings. The van der Waals surface area contributed by atoms with E-state index in [0.717, 1.165) is 38.2 Å². The van der Waals surface area contributed by atoms with Crippen molar-refractivity contribution in [1.29, 1.82) is 0 Å². The maximum atomic E-state index is 11.1. The zero-order valence-corrected chi connectivity index (χ0v) is 13.4. The molecule has 5 heteroatoms. The standard InChI is InChI=1S/C17H26N2O3/c1-12(2)22-15-6-4-3-5-14(15)11-19-9-7-13(8-10-19)16(20)17(18)21/h3-6,12-13,16,20H,7-11H2,1-2H3,(H2,18,21). The number of aliphatic hydroxyl groups excluding tert-OH is 1. The Morgan fingerprint density at radius 3 is 2.59 bits per heavy atom. The lowest BCUT2D eigenvalue weighted by molar-refractivity contribution is -0.129. The minimum atomic E-state index is -1.02. The number of ether oxygens (including phenoxy) is 1. The second-order valence-corrected chi connectivity index (χ2v) is 6.24. The number of carbonyl (C=O) groups excluding carboxylic acids is 1. The maximum Gasteiger partial charge on any atom is 0.246 e. The minimum absolute atomic E-state index is 0.0177. The van der Waals surface area contributed by atoms with E-state index < -0.39 is 12.0 Å². The van der Waals surface area contributed by atoms with Gasteiger partial charge in [0.1, 0.15) is 11.9 Å². The molecule has 0 saturated carbocycles. The topological polar surface area (TPSA) is 75.8 Å². The lowest BCUT2D eigenvalue weighted by Crippen LogP contribution is -2.42. The van der Waals surface area contributed by atoms with Gasteiger partial charge in [-0.25, -0.2) is 0 Å². The van der Waals surface area contributed by atoms with Gasteiger partial charge in [0.15, 0.2) is 0 Å². The van der Waals surface area contributed by atoms with Gasteiger partial charge in [-0.15, -0.1) is 0 Å². The Morgan fingerprint density at radius 2 is 2.00 bits per heavy atom. The van der Waals surface area contributed by atoms with Crippen molar-refractivity contribution in [2.75, 3.05) is 13.1 Å². The number of para-hydroxylation sites is 1. The minimum Gasteiger partial charge on any atom is -0.491 e. The van der Waals surface area contributed by atoms with Crippen LogP contribution in [0.4, 0.5) is 0 Å². The van der Waals surface area contributed by atoms with Crippen LogP contribution < -0.4 is 10.5 Å². The van der Waals surface area contributed by atoms with Gasteiger partial charge in [0.2, 0.25) is 5.91 Å². The van der Waals surface area contributed by atoms with Crippen molar-refractivity contribution in [2.45, 2.75) is 45.4 Å². The first-order valence-corrected chi connectivity index (χ1v) is 7.91. The van der Waals surface area contributed by atoms with Gasteiger partial charge >= 0.3 is 0 Å². The molecule has 22 heavy (non-hydrogen) atoms. The van der Waals surface area contributed by atoms with Crippen molar-refractivity contribution >= 4 is 5.91 Å².